The molecule has 2 aliphatic rings. The molecule has 138 valence electrons. The number of hydrogen-bond donors (Lipinski definition) is 1. The first kappa shape index (κ1) is 18.2. The monoisotopic (exact) mass is 347 g/mol. The van der Waals surface area contributed by atoms with Crippen LogP contribution in [-0.4, -0.2) is 74.3 Å². The summed E-state index contributed by atoms with van der Waals surface area (Å²) in [5, 5.41) is 0. The third-order valence-corrected chi connectivity index (χ3v) is 5.16. The Morgan fingerprint density at radius 2 is 1.84 bits per heavy atom. The molecular weight excluding hydrogens is 318 g/mol. The lowest BCUT2D eigenvalue weighted by atomic mass is 9.91. The average molecular weight is 347 g/mol. The van der Waals surface area contributed by atoms with Crippen molar-refractivity contribution in [1.82, 2.24) is 9.80 Å². The summed E-state index contributed by atoms with van der Waals surface area (Å²) in [5.41, 5.74) is 6.22. The van der Waals surface area contributed by atoms with E-state index in [4.69, 9.17) is 15.2 Å². The van der Waals surface area contributed by atoms with E-state index in [1.54, 1.807) is 0 Å². The van der Waals surface area contributed by atoms with E-state index in [-0.39, 0.29) is 17.9 Å². The molecule has 0 bridgehead atoms. The summed E-state index contributed by atoms with van der Waals surface area (Å²) in [4.78, 5) is 16.9. The lowest BCUT2D eigenvalue weighted by Gasteiger charge is -2.37. The van der Waals surface area contributed by atoms with Gasteiger partial charge in [0.25, 0.3) is 0 Å². The lowest BCUT2D eigenvalue weighted by molar-refractivity contribution is -0.136. The minimum atomic E-state index is -0.378. The molecular formula is C19H29N3O3. The Labute approximate surface area is 149 Å². The normalized spacial score (nSPS) is 21.1. The zero-order chi connectivity index (χ0) is 17.5. The van der Waals surface area contributed by atoms with E-state index in [1.165, 1.54) is 0 Å². The first-order valence-electron chi connectivity index (χ1n) is 9.26. The Balaban J connectivity index is 1.37. The zero-order valence-electron chi connectivity index (χ0n) is 14.8. The molecule has 1 atom stereocenters. The maximum Gasteiger partial charge on any atom is 0.239 e. The van der Waals surface area contributed by atoms with Gasteiger partial charge >= 0.3 is 0 Å². The van der Waals surface area contributed by atoms with E-state index < -0.39 is 0 Å². The number of nitrogens with zero attached hydrogens (tertiary/aromatic N) is 2. The van der Waals surface area contributed by atoms with Crippen LogP contribution in [0, 0.1) is 5.92 Å². The first-order chi connectivity index (χ1) is 12.2. The zero-order valence-corrected chi connectivity index (χ0v) is 14.8. The standard InChI is InChI=1S/C19H29N3O3/c20-18(16-6-13-24-14-7-16)19(23)22-10-8-21(9-11-22)12-15-25-17-4-2-1-3-5-17/h1-5,16,18H,6-15,20H2. The van der Waals surface area contributed by atoms with Crippen LogP contribution in [0.4, 0.5) is 0 Å². The van der Waals surface area contributed by atoms with Crippen LogP contribution >= 0.6 is 0 Å². The van der Waals surface area contributed by atoms with Gasteiger partial charge in [-0.25, -0.2) is 0 Å². The highest BCUT2D eigenvalue weighted by Crippen LogP contribution is 2.19. The molecule has 0 saturated carbocycles. The molecule has 25 heavy (non-hydrogen) atoms. The number of carbonyl (C=O) groups is 1. The van der Waals surface area contributed by atoms with Crippen molar-refractivity contribution in [3.05, 3.63) is 30.3 Å². The van der Waals surface area contributed by atoms with Crippen molar-refractivity contribution in [1.29, 1.82) is 0 Å². The number of rotatable bonds is 6. The molecule has 0 radical (unpaired) electrons. The number of hydrogen-bond acceptors (Lipinski definition) is 5. The smallest absolute Gasteiger partial charge is 0.239 e. The number of benzene rings is 1. The number of piperazine rings is 1. The largest absolute Gasteiger partial charge is 0.492 e. The maximum atomic E-state index is 12.6. The summed E-state index contributed by atoms with van der Waals surface area (Å²) in [5.74, 6) is 1.27. The van der Waals surface area contributed by atoms with Gasteiger partial charge in [-0.3, -0.25) is 9.69 Å². The predicted octanol–water partition coefficient (Wildman–Crippen LogP) is 0.964. The average Bonchev–Trinajstić information content (AvgIpc) is 2.69. The Bertz CT molecular complexity index is 526. The third-order valence-electron chi connectivity index (χ3n) is 5.16. The number of ether oxygens (including phenoxy) is 2. The molecule has 6 heteroatoms. The second-order valence-corrected chi connectivity index (χ2v) is 6.80. The minimum Gasteiger partial charge on any atom is -0.492 e. The molecule has 3 rings (SSSR count). The van der Waals surface area contributed by atoms with Crippen LogP contribution in [0.25, 0.3) is 0 Å². The molecule has 2 aliphatic heterocycles. The molecule has 2 saturated heterocycles. The van der Waals surface area contributed by atoms with Gasteiger partial charge in [-0.1, -0.05) is 18.2 Å². The summed E-state index contributed by atoms with van der Waals surface area (Å²) in [6.07, 6.45) is 1.79. The predicted molar refractivity (Wildman–Crippen MR) is 96.5 cm³/mol. The fourth-order valence-corrected chi connectivity index (χ4v) is 3.49. The van der Waals surface area contributed by atoms with Crippen LogP contribution in [0.3, 0.4) is 0 Å². The molecule has 0 spiro atoms. The summed E-state index contributed by atoms with van der Waals surface area (Å²) < 4.78 is 11.1. The highest BCUT2D eigenvalue weighted by atomic mass is 16.5. The van der Waals surface area contributed by atoms with Crippen LogP contribution in [0.15, 0.2) is 30.3 Å². The van der Waals surface area contributed by atoms with Gasteiger partial charge in [0.05, 0.1) is 6.04 Å². The van der Waals surface area contributed by atoms with E-state index in [2.05, 4.69) is 4.90 Å². The van der Waals surface area contributed by atoms with E-state index in [0.717, 1.165) is 64.5 Å². The number of nitrogens with two attached hydrogens (primary N) is 1. The molecule has 1 amide bonds. The number of carbonyl (C=O) groups excluding carboxylic acids is 1. The van der Waals surface area contributed by atoms with Crippen molar-refractivity contribution >= 4 is 5.91 Å². The summed E-state index contributed by atoms with van der Waals surface area (Å²) >= 11 is 0. The third kappa shape index (κ3) is 5.17. The van der Waals surface area contributed by atoms with E-state index >= 15 is 0 Å². The molecule has 0 aromatic heterocycles. The molecule has 2 N–H and O–H groups in total. The molecule has 2 heterocycles. The highest BCUT2D eigenvalue weighted by Gasteiger charge is 2.31. The van der Waals surface area contributed by atoms with Crippen molar-refractivity contribution in [2.45, 2.75) is 18.9 Å². The van der Waals surface area contributed by atoms with Crippen LogP contribution in [0.5, 0.6) is 5.75 Å². The summed E-state index contributed by atoms with van der Waals surface area (Å²) in [6.45, 7) is 6.25. The van der Waals surface area contributed by atoms with Gasteiger partial charge in [0.2, 0.25) is 5.91 Å². The second kappa shape index (κ2) is 9.17. The SMILES string of the molecule is NC(C(=O)N1CCN(CCOc2ccccc2)CC1)C1CCOCC1. The Morgan fingerprint density at radius 1 is 1.16 bits per heavy atom. The van der Waals surface area contributed by atoms with E-state index in [0.29, 0.717) is 6.61 Å². The lowest BCUT2D eigenvalue weighted by Crippen LogP contribution is -2.55. The van der Waals surface area contributed by atoms with Crippen molar-refractivity contribution in [3.63, 3.8) is 0 Å². The van der Waals surface area contributed by atoms with Gasteiger partial charge in [-0.2, -0.15) is 0 Å². The van der Waals surface area contributed by atoms with Gasteiger partial charge in [0.1, 0.15) is 12.4 Å². The van der Waals surface area contributed by atoms with Crippen LogP contribution in [-0.2, 0) is 9.53 Å². The van der Waals surface area contributed by atoms with Gasteiger partial charge in [0, 0.05) is 45.9 Å². The molecule has 2 fully saturated rings. The fourth-order valence-electron chi connectivity index (χ4n) is 3.49. The molecule has 1 aromatic rings. The summed E-state index contributed by atoms with van der Waals surface area (Å²) in [7, 11) is 0. The molecule has 1 unspecified atom stereocenters. The van der Waals surface area contributed by atoms with Crippen LogP contribution < -0.4 is 10.5 Å². The highest BCUT2D eigenvalue weighted by molar-refractivity contribution is 5.82. The van der Waals surface area contributed by atoms with Gasteiger partial charge < -0.3 is 20.1 Å². The fraction of sp³-hybridized carbons (Fsp3) is 0.632. The van der Waals surface area contributed by atoms with Crippen molar-refractivity contribution in [2.24, 2.45) is 11.7 Å². The number of para-hydroxylation sites is 1. The topological polar surface area (TPSA) is 68.0 Å². The minimum absolute atomic E-state index is 0.104. The quantitative estimate of drug-likeness (QED) is 0.830. The van der Waals surface area contributed by atoms with Crippen LogP contribution in [0.2, 0.25) is 0 Å². The van der Waals surface area contributed by atoms with Crippen molar-refractivity contribution < 1.29 is 14.3 Å². The van der Waals surface area contributed by atoms with Gasteiger partial charge in [-0.15, -0.1) is 0 Å². The van der Waals surface area contributed by atoms with Crippen molar-refractivity contribution in [2.75, 3.05) is 52.5 Å². The number of amides is 1. The van der Waals surface area contributed by atoms with E-state index in [9.17, 15) is 4.79 Å². The van der Waals surface area contributed by atoms with Gasteiger partial charge in [-0.05, 0) is 30.9 Å². The Hall–Kier alpha value is -1.63. The van der Waals surface area contributed by atoms with Crippen LogP contribution in [0.1, 0.15) is 12.8 Å². The van der Waals surface area contributed by atoms with Gasteiger partial charge in [0.15, 0.2) is 0 Å². The molecule has 0 aliphatic carbocycles. The Morgan fingerprint density at radius 3 is 2.52 bits per heavy atom. The molecule has 1 aromatic carbocycles. The first-order valence-corrected chi connectivity index (χ1v) is 9.26. The summed E-state index contributed by atoms with van der Waals surface area (Å²) in [6, 6.07) is 9.48. The van der Waals surface area contributed by atoms with E-state index in [1.807, 2.05) is 35.2 Å². The molecule has 6 nitrogen and oxygen atoms in total. The Kier molecular flexibility index (Phi) is 6.67. The second-order valence-electron chi connectivity index (χ2n) is 6.80. The van der Waals surface area contributed by atoms with Crippen molar-refractivity contribution in [3.8, 4) is 5.75 Å². The maximum absolute atomic E-state index is 12.6.